The molecule has 0 aromatic carbocycles. The Morgan fingerprint density at radius 1 is 1.47 bits per heavy atom. The first-order valence-corrected chi connectivity index (χ1v) is 7.97. The van der Waals surface area contributed by atoms with Crippen LogP contribution in [-0.4, -0.2) is 19.7 Å². The maximum Gasteiger partial charge on any atom is 0.145 e. The molecule has 1 fully saturated rings. The normalized spacial score (nSPS) is 18.4. The summed E-state index contributed by atoms with van der Waals surface area (Å²) in [6.45, 7) is 5.86. The van der Waals surface area contributed by atoms with Gasteiger partial charge in [0.25, 0.3) is 0 Å². The van der Waals surface area contributed by atoms with Gasteiger partial charge >= 0.3 is 0 Å². The summed E-state index contributed by atoms with van der Waals surface area (Å²) in [4.78, 5) is 4.14. The zero-order chi connectivity index (χ0) is 13.9. The highest BCUT2D eigenvalue weighted by molar-refractivity contribution is 7.85. The first-order valence-electron chi connectivity index (χ1n) is 6.87. The zero-order valence-corrected chi connectivity index (χ0v) is 12.7. The fraction of sp³-hybridized carbons (Fsp3) is 0.600. The van der Waals surface area contributed by atoms with Gasteiger partial charge < -0.3 is 0 Å². The van der Waals surface area contributed by atoms with Crippen LogP contribution in [0.25, 0.3) is 0 Å². The van der Waals surface area contributed by atoms with Crippen molar-refractivity contribution < 1.29 is 4.21 Å². The fourth-order valence-corrected chi connectivity index (χ4v) is 2.43. The Kier molecular flexibility index (Phi) is 4.50. The highest BCUT2D eigenvalue weighted by atomic mass is 32.2. The molecule has 1 aliphatic carbocycles. The molecule has 1 aliphatic rings. The van der Waals surface area contributed by atoms with Crippen LogP contribution in [0, 0.1) is 5.92 Å². The summed E-state index contributed by atoms with van der Waals surface area (Å²) in [6, 6.07) is 3.90. The molecule has 0 saturated heterocycles. The first kappa shape index (κ1) is 14.4. The second-order valence-electron chi connectivity index (χ2n) is 6.12. The van der Waals surface area contributed by atoms with Crippen LogP contribution < -0.4 is 0 Å². The molecule has 1 saturated carbocycles. The summed E-state index contributed by atoms with van der Waals surface area (Å²) in [7, 11) is -1.20. The van der Waals surface area contributed by atoms with Gasteiger partial charge in [0, 0.05) is 18.0 Å². The Balaban J connectivity index is 2.17. The summed E-state index contributed by atoms with van der Waals surface area (Å²) in [5.41, 5.74) is 1.94. The molecule has 104 valence electrons. The topological polar surface area (TPSA) is 42.3 Å². The lowest BCUT2D eigenvalue weighted by molar-refractivity contribution is 0.650. The van der Waals surface area contributed by atoms with Crippen LogP contribution in [0.2, 0.25) is 0 Å². The second-order valence-corrected chi connectivity index (χ2v) is 8.03. The van der Waals surface area contributed by atoms with E-state index in [-0.39, 0.29) is 4.75 Å². The van der Waals surface area contributed by atoms with E-state index in [1.807, 2.05) is 39.1 Å². The first-order chi connectivity index (χ1) is 8.97. The van der Waals surface area contributed by atoms with Crippen molar-refractivity contribution >= 4 is 16.7 Å². The van der Waals surface area contributed by atoms with Crippen molar-refractivity contribution in [2.75, 3.05) is 0 Å². The SMILES string of the molecule is CC(C)(C)S(=O)/N=C(\CCC1CC1)c1cccnc1. The van der Waals surface area contributed by atoms with Gasteiger partial charge in [0.1, 0.15) is 11.0 Å². The smallest absolute Gasteiger partial charge is 0.145 e. The lowest BCUT2D eigenvalue weighted by atomic mass is 10.1. The molecule has 4 heteroatoms. The number of pyridine rings is 1. The van der Waals surface area contributed by atoms with Crippen molar-refractivity contribution in [3.63, 3.8) is 0 Å². The van der Waals surface area contributed by atoms with Gasteiger partial charge in [-0.05, 0) is 45.6 Å². The molecule has 3 nitrogen and oxygen atoms in total. The molecule has 1 aromatic rings. The summed E-state index contributed by atoms with van der Waals surface area (Å²) >= 11 is 0. The van der Waals surface area contributed by atoms with Crippen molar-refractivity contribution in [1.82, 2.24) is 4.98 Å². The molecule has 0 N–H and O–H groups in total. The molecule has 0 spiro atoms. The highest BCUT2D eigenvalue weighted by Crippen LogP contribution is 2.34. The van der Waals surface area contributed by atoms with Crippen LogP contribution in [0.15, 0.2) is 28.9 Å². The van der Waals surface area contributed by atoms with E-state index in [0.717, 1.165) is 30.0 Å². The summed E-state index contributed by atoms with van der Waals surface area (Å²) in [5, 5.41) is 0. The number of rotatable bonds is 5. The average molecular weight is 278 g/mol. The predicted octanol–water partition coefficient (Wildman–Crippen LogP) is 3.52. The molecular weight excluding hydrogens is 256 g/mol. The second kappa shape index (κ2) is 5.95. The van der Waals surface area contributed by atoms with Gasteiger partial charge in [-0.1, -0.05) is 18.9 Å². The van der Waals surface area contributed by atoms with Crippen molar-refractivity contribution in [1.29, 1.82) is 0 Å². The minimum absolute atomic E-state index is 0.312. The van der Waals surface area contributed by atoms with Gasteiger partial charge in [0.15, 0.2) is 0 Å². The van der Waals surface area contributed by atoms with E-state index in [1.54, 1.807) is 6.20 Å². The molecule has 0 aliphatic heterocycles. The molecule has 1 aromatic heterocycles. The molecule has 0 amide bonds. The minimum atomic E-state index is -1.20. The standard InChI is InChI=1S/C15H22N2OS/c1-15(2,3)19(18)17-14(9-8-12-6-7-12)13-5-4-10-16-11-13/h4-5,10-12H,6-9H2,1-3H3/b17-14+. The third-order valence-corrected chi connectivity index (χ3v) is 4.63. The Morgan fingerprint density at radius 3 is 2.74 bits per heavy atom. The van der Waals surface area contributed by atoms with Gasteiger partial charge in [-0.2, -0.15) is 4.40 Å². The van der Waals surface area contributed by atoms with Crippen LogP contribution >= 0.6 is 0 Å². The maximum absolute atomic E-state index is 12.2. The van der Waals surface area contributed by atoms with Crippen molar-refractivity contribution in [2.45, 2.75) is 51.2 Å². The summed E-state index contributed by atoms with van der Waals surface area (Å²) < 4.78 is 16.4. The number of hydrogen-bond donors (Lipinski definition) is 0. The molecule has 1 heterocycles. The number of aromatic nitrogens is 1. The van der Waals surface area contributed by atoms with Crippen molar-refractivity contribution in [3.8, 4) is 0 Å². The van der Waals surface area contributed by atoms with Crippen molar-refractivity contribution in [3.05, 3.63) is 30.1 Å². The van der Waals surface area contributed by atoms with E-state index >= 15 is 0 Å². The predicted molar refractivity (Wildman–Crippen MR) is 80.6 cm³/mol. The molecule has 0 bridgehead atoms. The summed E-state index contributed by atoms with van der Waals surface area (Å²) in [5.74, 6) is 0.852. The third kappa shape index (κ3) is 4.53. The largest absolute Gasteiger partial charge is 0.264 e. The van der Waals surface area contributed by atoms with Crippen LogP contribution in [0.5, 0.6) is 0 Å². The Morgan fingerprint density at radius 2 is 2.21 bits per heavy atom. The fourth-order valence-electron chi connectivity index (χ4n) is 1.76. The summed E-state index contributed by atoms with van der Waals surface area (Å²) in [6.07, 6.45) is 8.28. The van der Waals surface area contributed by atoms with Gasteiger partial charge in [-0.15, -0.1) is 0 Å². The minimum Gasteiger partial charge on any atom is -0.264 e. The zero-order valence-electron chi connectivity index (χ0n) is 11.9. The number of nitrogens with zero attached hydrogens (tertiary/aromatic N) is 2. The van der Waals surface area contributed by atoms with E-state index in [2.05, 4.69) is 9.38 Å². The lowest BCUT2D eigenvalue weighted by Gasteiger charge is -2.15. The van der Waals surface area contributed by atoms with Crippen LogP contribution in [0.3, 0.4) is 0 Å². The highest BCUT2D eigenvalue weighted by Gasteiger charge is 2.23. The molecule has 1 atom stereocenters. The van der Waals surface area contributed by atoms with Gasteiger partial charge in [-0.25, -0.2) is 4.21 Å². The van der Waals surface area contributed by atoms with Gasteiger partial charge in [0.05, 0.1) is 10.5 Å². The van der Waals surface area contributed by atoms with E-state index < -0.39 is 11.0 Å². The quantitative estimate of drug-likeness (QED) is 0.773. The molecule has 19 heavy (non-hydrogen) atoms. The molecular formula is C15H22N2OS. The molecule has 0 radical (unpaired) electrons. The third-order valence-electron chi connectivity index (χ3n) is 3.20. The Bertz CT molecular complexity index is 473. The van der Waals surface area contributed by atoms with Gasteiger partial charge in [0.2, 0.25) is 0 Å². The maximum atomic E-state index is 12.2. The Hall–Kier alpha value is -1.03. The lowest BCUT2D eigenvalue weighted by Crippen LogP contribution is -2.21. The van der Waals surface area contributed by atoms with E-state index in [4.69, 9.17) is 0 Å². The number of hydrogen-bond acceptors (Lipinski definition) is 2. The molecule has 2 rings (SSSR count). The Labute approximate surface area is 118 Å². The monoisotopic (exact) mass is 278 g/mol. The van der Waals surface area contributed by atoms with E-state index in [1.165, 1.54) is 12.8 Å². The van der Waals surface area contributed by atoms with E-state index in [0.29, 0.717) is 0 Å². The average Bonchev–Trinajstić information content (AvgIpc) is 3.18. The van der Waals surface area contributed by atoms with Gasteiger partial charge in [-0.3, -0.25) is 4.98 Å². The van der Waals surface area contributed by atoms with Crippen LogP contribution in [0.4, 0.5) is 0 Å². The van der Waals surface area contributed by atoms with Crippen LogP contribution in [-0.2, 0) is 11.0 Å². The van der Waals surface area contributed by atoms with Crippen molar-refractivity contribution in [2.24, 2.45) is 10.3 Å². The molecule has 1 unspecified atom stereocenters. The van der Waals surface area contributed by atoms with Crippen LogP contribution in [0.1, 0.15) is 52.0 Å². The van der Waals surface area contributed by atoms with E-state index in [9.17, 15) is 4.21 Å².